The standard InChI is InChI=1S/C13H21N5/c1-8(11-7-9-2-3-10(11)6-9)16-12-4-5-15-13(17-12)18-14/h4-5,8-11H,2-3,6-7,14H2,1H3,(H2,15,16,17,18). The summed E-state index contributed by atoms with van der Waals surface area (Å²) in [4.78, 5) is 8.32. The van der Waals surface area contributed by atoms with E-state index in [9.17, 15) is 0 Å². The Kier molecular flexibility index (Phi) is 3.07. The van der Waals surface area contributed by atoms with E-state index in [2.05, 4.69) is 27.6 Å². The van der Waals surface area contributed by atoms with Gasteiger partial charge in [-0.2, -0.15) is 4.98 Å². The summed E-state index contributed by atoms with van der Waals surface area (Å²) >= 11 is 0. The van der Waals surface area contributed by atoms with Crippen LogP contribution >= 0.6 is 0 Å². The molecule has 1 aromatic heterocycles. The Morgan fingerprint density at radius 3 is 2.94 bits per heavy atom. The molecule has 18 heavy (non-hydrogen) atoms. The molecule has 0 spiro atoms. The van der Waals surface area contributed by atoms with Crippen molar-refractivity contribution in [2.24, 2.45) is 23.6 Å². The Morgan fingerprint density at radius 1 is 1.39 bits per heavy atom. The normalized spacial score (nSPS) is 31.3. The van der Waals surface area contributed by atoms with Gasteiger partial charge in [0.05, 0.1) is 0 Å². The number of hydrogen-bond donors (Lipinski definition) is 3. The van der Waals surface area contributed by atoms with Gasteiger partial charge in [0.25, 0.3) is 0 Å². The molecule has 2 bridgehead atoms. The molecular formula is C13H21N5. The van der Waals surface area contributed by atoms with E-state index < -0.39 is 0 Å². The van der Waals surface area contributed by atoms with Crippen LogP contribution in [0.3, 0.4) is 0 Å². The van der Waals surface area contributed by atoms with Crippen LogP contribution in [0.1, 0.15) is 32.6 Å². The molecule has 2 aliphatic rings. The van der Waals surface area contributed by atoms with Gasteiger partial charge in [-0.3, -0.25) is 5.43 Å². The number of nitrogens with one attached hydrogen (secondary N) is 2. The second-order valence-corrected chi connectivity index (χ2v) is 5.68. The van der Waals surface area contributed by atoms with Crippen molar-refractivity contribution in [1.29, 1.82) is 0 Å². The average molecular weight is 247 g/mol. The van der Waals surface area contributed by atoms with Crippen LogP contribution in [0.15, 0.2) is 12.3 Å². The quantitative estimate of drug-likeness (QED) is 0.560. The maximum Gasteiger partial charge on any atom is 0.239 e. The molecule has 98 valence electrons. The van der Waals surface area contributed by atoms with Crippen LogP contribution in [-0.4, -0.2) is 16.0 Å². The summed E-state index contributed by atoms with van der Waals surface area (Å²) in [7, 11) is 0. The Balaban J connectivity index is 1.65. The third-order valence-electron chi connectivity index (χ3n) is 4.60. The fourth-order valence-electron chi connectivity index (χ4n) is 3.76. The largest absolute Gasteiger partial charge is 0.367 e. The fourth-order valence-corrected chi connectivity index (χ4v) is 3.76. The third-order valence-corrected chi connectivity index (χ3v) is 4.60. The van der Waals surface area contributed by atoms with Gasteiger partial charge >= 0.3 is 0 Å². The molecular weight excluding hydrogens is 226 g/mol. The lowest BCUT2D eigenvalue weighted by Crippen LogP contribution is -2.30. The first-order valence-electron chi connectivity index (χ1n) is 6.82. The van der Waals surface area contributed by atoms with Gasteiger partial charge in [0.1, 0.15) is 5.82 Å². The number of hydrazine groups is 1. The summed E-state index contributed by atoms with van der Waals surface area (Å²) in [5.41, 5.74) is 2.47. The molecule has 2 saturated carbocycles. The zero-order valence-electron chi connectivity index (χ0n) is 10.8. The van der Waals surface area contributed by atoms with Crippen LogP contribution in [-0.2, 0) is 0 Å². The van der Waals surface area contributed by atoms with Crippen LogP contribution in [0, 0.1) is 17.8 Å². The molecule has 0 amide bonds. The van der Waals surface area contributed by atoms with E-state index in [1.807, 2.05) is 6.07 Å². The Hall–Kier alpha value is -1.36. The van der Waals surface area contributed by atoms with Crippen molar-refractivity contribution < 1.29 is 0 Å². The van der Waals surface area contributed by atoms with Crippen LogP contribution in [0.4, 0.5) is 11.8 Å². The summed E-state index contributed by atoms with van der Waals surface area (Å²) < 4.78 is 0. The number of nitrogens with two attached hydrogens (primary N) is 1. The first-order valence-corrected chi connectivity index (χ1v) is 6.82. The van der Waals surface area contributed by atoms with E-state index in [4.69, 9.17) is 5.84 Å². The van der Waals surface area contributed by atoms with Crippen molar-refractivity contribution in [2.75, 3.05) is 10.7 Å². The lowest BCUT2D eigenvalue weighted by molar-refractivity contribution is 0.304. The van der Waals surface area contributed by atoms with Crippen molar-refractivity contribution >= 4 is 11.8 Å². The van der Waals surface area contributed by atoms with Gasteiger partial charge in [-0.05, 0) is 50.0 Å². The van der Waals surface area contributed by atoms with Gasteiger partial charge in [0.15, 0.2) is 0 Å². The highest BCUT2D eigenvalue weighted by Crippen LogP contribution is 2.49. The number of hydrogen-bond acceptors (Lipinski definition) is 5. The van der Waals surface area contributed by atoms with Crippen molar-refractivity contribution in [3.05, 3.63) is 12.3 Å². The smallest absolute Gasteiger partial charge is 0.239 e. The number of nitrogen functional groups attached to an aromatic ring is 1. The summed E-state index contributed by atoms with van der Waals surface area (Å²) in [6.07, 6.45) is 7.41. The summed E-state index contributed by atoms with van der Waals surface area (Å²) in [5.74, 6) is 9.34. The SMILES string of the molecule is CC(Nc1ccnc(NN)n1)C1CC2CCC1C2. The van der Waals surface area contributed by atoms with Crippen LogP contribution in [0.25, 0.3) is 0 Å². The van der Waals surface area contributed by atoms with E-state index in [0.717, 1.165) is 23.6 Å². The predicted molar refractivity (Wildman–Crippen MR) is 71.9 cm³/mol. The minimum Gasteiger partial charge on any atom is -0.367 e. The van der Waals surface area contributed by atoms with Crippen molar-refractivity contribution in [1.82, 2.24) is 9.97 Å². The minimum atomic E-state index is 0.458. The third kappa shape index (κ3) is 2.14. The fraction of sp³-hybridized carbons (Fsp3) is 0.692. The second kappa shape index (κ2) is 4.72. The number of aromatic nitrogens is 2. The van der Waals surface area contributed by atoms with E-state index in [0.29, 0.717) is 12.0 Å². The molecule has 2 aliphatic carbocycles. The molecule has 3 rings (SSSR count). The summed E-state index contributed by atoms with van der Waals surface area (Å²) in [5, 5.41) is 3.50. The zero-order valence-corrected chi connectivity index (χ0v) is 10.8. The zero-order chi connectivity index (χ0) is 12.5. The molecule has 4 unspecified atom stereocenters. The molecule has 1 aromatic rings. The van der Waals surface area contributed by atoms with Crippen molar-refractivity contribution in [3.63, 3.8) is 0 Å². The Labute approximate surface area is 108 Å². The lowest BCUT2D eigenvalue weighted by atomic mass is 9.84. The van der Waals surface area contributed by atoms with Gasteiger partial charge in [-0.25, -0.2) is 10.8 Å². The highest BCUT2D eigenvalue weighted by Gasteiger charge is 2.41. The molecule has 0 radical (unpaired) electrons. The molecule has 2 fully saturated rings. The van der Waals surface area contributed by atoms with Crippen LogP contribution in [0.2, 0.25) is 0 Å². The number of anilines is 2. The highest BCUT2D eigenvalue weighted by atomic mass is 15.3. The lowest BCUT2D eigenvalue weighted by Gasteiger charge is -2.28. The van der Waals surface area contributed by atoms with Crippen molar-refractivity contribution in [2.45, 2.75) is 38.6 Å². The van der Waals surface area contributed by atoms with Gasteiger partial charge in [-0.15, -0.1) is 0 Å². The number of fused-ring (bicyclic) bond motifs is 2. The molecule has 5 heteroatoms. The second-order valence-electron chi connectivity index (χ2n) is 5.68. The van der Waals surface area contributed by atoms with Gasteiger partial charge < -0.3 is 5.32 Å². The number of nitrogens with zero attached hydrogens (tertiary/aromatic N) is 2. The maximum atomic E-state index is 5.32. The van der Waals surface area contributed by atoms with E-state index in [1.54, 1.807) is 6.20 Å². The number of rotatable bonds is 4. The molecule has 0 saturated heterocycles. The van der Waals surface area contributed by atoms with E-state index in [1.165, 1.54) is 25.7 Å². The minimum absolute atomic E-state index is 0.458. The van der Waals surface area contributed by atoms with Crippen LogP contribution in [0.5, 0.6) is 0 Å². The Bertz CT molecular complexity index is 422. The predicted octanol–water partition coefficient (Wildman–Crippen LogP) is 2.00. The summed E-state index contributed by atoms with van der Waals surface area (Å²) in [6, 6.07) is 2.37. The molecule has 5 nitrogen and oxygen atoms in total. The van der Waals surface area contributed by atoms with Gasteiger partial charge in [0, 0.05) is 12.2 Å². The first-order chi connectivity index (χ1) is 8.76. The molecule has 0 aromatic carbocycles. The molecule has 4 atom stereocenters. The topological polar surface area (TPSA) is 75.9 Å². The molecule has 1 heterocycles. The molecule has 4 N–H and O–H groups in total. The Morgan fingerprint density at radius 2 is 2.28 bits per heavy atom. The monoisotopic (exact) mass is 247 g/mol. The van der Waals surface area contributed by atoms with E-state index >= 15 is 0 Å². The maximum absolute atomic E-state index is 5.32. The molecule has 0 aliphatic heterocycles. The van der Waals surface area contributed by atoms with E-state index in [-0.39, 0.29) is 0 Å². The first kappa shape index (κ1) is 11.7. The van der Waals surface area contributed by atoms with Gasteiger partial charge in [-0.1, -0.05) is 6.42 Å². The van der Waals surface area contributed by atoms with Crippen molar-refractivity contribution in [3.8, 4) is 0 Å². The van der Waals surface area contributed by atoms with Crippen LogP contribution < -0.4 is 16.6 Å². The highest BCUT2D eigenvalue weighted by molar-refractivity contribution is 5.39. The summed E-state index contributed by atoms with van der Waals surface area (Å²) in [6.45, 7) is 2.27. The average Bonchev–Trinajstić information content (AvgIpc) is 3.01. The van der Waals surface area contributed by atoms with Gasteiger partial charge in [0.2, 0.25) is 5.95 Å².